The highest BCUT2D eigenvalue weighted by Gasteiger charge is 2.19. The van der Waals surface area contributed by atoms with Crippen molar-refractivity contribution < 1.29 is 13.2 Å². The number of benzene rings is 1. The van der Waals surface area contributed by atoms with Crippen LogP contribution in [0.5, 0.6) is 0 Å². The summed E-state index contributed by atoms with van der Waals surface area (Å²) in [5, 5.41) is 5.89. The highest BCUT2D eigenvalue weighted by atomic mass is 32.2. The van der Waals surface area contributed by atoms with Crippen LogP contribution in [0.15, 0.2) is 29.2 Å². The molecule has 1 fully saturated rings. The first kappa shape index (κ1) is 15.0. The number of nitrogens with one attached hydrogen (secondary N) is 2. The van der Waals surface area contributed by atoms with Crippen molar-refractivity contribution in [3.8, 4) is 0 Å². The molecule has 0 bridgehead atoms. The van der Waals surface area contributed by atoms with Gasteiger partial charge in [-0.3, -0.25) is 4.79 Å². The Morgan fingerprint density at radius 3 is 2.50 bits per heavy atom. The predicted molar refractivity (Wildman–Crippen MR) is 77.2 cm³/mol. The fourth-order valence-corrected chi connectivity index (χ4v) is 3.17. The van der Waals surface area contributed by atoms with Gasteiger partial charge in [-0.05, 0) is 19.1 Å². The van der Waals surface area contributed by atoms with Crippen LogP contribution in [0.3, 0.4) is 0 Å². The summed E-state index contributed by atoms with van der Waals surface area (Å²) in [7, 11) is -3.38. The number of carbonyl (C=O) groups excluding carboxylic acids is 1. The minimum atomic E-state index is -3.38. The third-order valence-electron chi connectivity index (χ3n) is 3.43. The van der Waals surface area contributed by atoms with Gasteiger partial charge in [-0.1, -0.05) is 17.7 Å². The van der Waals surface area contributed by atoms with Crippen molar-refractivity contribution in [3.05, 3.63) is 29.8 Å². The number of aryl methyl sites for hydroxylation is 1. The van der Waals surface area contributed by atoms with E-state index in [1.165, 1.54) is 0 Å². The lowest BCUT2D eigenvalue weighted by atomic mass is 10.0. The van der Waals surface area contributed by atoms with Crippen molar-refractivity contribution in [1.29, 1.82) is 0 Å². The highest BCUT2D eigenvalue weighted by Crippen LogP contribution is 2.13. The first-order valence-corrected chi connectivity index (χ1v) is 8.39. The van der Waals surface area contributed by atoms with Gasteiger partial charge in [0.25, 0.3) is 0 Å². The van der Waals surface area contributed by atoms with Crippen molar-refractivity contribution in [2.24, 2.45) is 5.92 Å². The Morgan fingerprint density at radius 2 is 1.95 bits per heavy atom. The summed E-state index contributed by atoms with van der Waals surface area (Å²) in [4.78, 5) is 11.9. The van der Waals surface area contributed by atoms with Crippen LogP contribution >= 0.6 is 0 Å². The standard InChI is InChI=1S/C14H20N2O3S/c1-11-2-4-13(5-3-11)20(18,19)7-6-14(17)16-10-12-8-15-9-12/h2-5,12,15H,6-10H2,1H3,(H,16,17). The molecule has 5 nitrogen and oxygen atoms in total. The van der Waals surface area contributed by atoms with E-state index in [9.17, 15) is 13.2 Å². The molecule has 20 heavy (non-hydrogen) atoms. The van der Waals surface area contributed by atoms with Gasteiger partial charge >= 0.3 is 0 Å². The third kappa shape index (κ3) is 4.05. The first-order chi connectivity index (χ1) is 9.47. The molecule has 0 saturated carbocycles. The Balaban J connectivity index is 1.82. The van der Waals surface area contributed by atoms with E-state index in [4.69, 9.17) is 0 Å². The van der Waals surface area contributed by atoms with Crippen molar-refractivity contribution in [2.75, 3.05) is 25.4 Å². The van der Waals surface area contributed by atoms with Crippen molar-refractivity contribution in [3.63, 3.8) is 0 Å². The van der Waals surface area contributed by atoms with Gasteiger partial charge in [0.2, 0.25) is 5.91 Å². The molecule has 1 heterocycles. The van der Waals surface area contributed by atoms with Gasteiger partial charge in [0.1, 0.15) is 0 Å². The van der Waals surface area contributed by atoms with Crippen LogP contribution < -0.4 is 10.6 Å². The molecule has 110 valence electrons. The van der Waals surface area contributed by atoms with E-state index < -0.39 is 9.84 Å². The Morgan fingerprint density at radius 1 is 1.30 bits per heavy atom. The van der Waals surface area contributed by atoms with Gasteiger partial charge in [-0.25, -0.2) is 8.42 Å². The Hall–Kier alpha value is -1.40. The van der Waals surface area contributed by atoms with Gasteiger partial charge in [0, 0.05) is 32.0 Å². The number of hydrogen-bond donors (Lipinski definition) is 2. The minimum absolute atomic E-state index is 0.0103. The lowest BCUT2D eigenvalue weighted by Crippen LogP contribution is -2.48. The second kappa shape index (κ2) is 6.37. The van der Waals surface area contributed by atoms with Crippen LogP contribution in [0.1, 0.15) is 12.0 Å². The minimum Gasteiger partial charge on any atom is -0.356 e. The molecular formula is C14H20N2O3S. The summed E-state index contributed by atoms with van der Waals surface area (Å²) >= 11 is 0. The molecule has 0 atom stereocenters. The molecule has 2 N–H and O–H groups in total. The Bertz CT molecular complexity index is 563. The van der Waals surface area contributed by atoms with Gasteiger partial charge in [0.15, 0.2) is 9.84 Å². The molecule has 0 spiro atoms. The molecule has 0 radical (unpaired) electrons. The Kier molecular flexibility index (Phi) is 4.77. The maximum absolute atomic E-state index is 12.1. The summed E-state index contributed by atoms with van der Waals surface area (Å²) in [6, 6.07) is 6.69. The van der Waals surface area contributed by atoms with Crippen molar-refractivity contribution in [2.45, 2.75) is 18.2 Å². The topological polar surface area (TPSA) is 75.3 Å². The summed E-state index contributed by atoms with van der Waals surface area (Å²) in [6.07, 6.45) is 0.0103. The molecule has 0 aliphatic carbocycles. The van der Waals surface area contributed by atoms with Gasteiger partial charge < -0.3 is 10.6 Å². The Labute approximate surface area is 119 Å². The molecule has 1 aliphatic heterocycles. The number of hydrogen-bond acceptors (Lipinski definition) is 4. The van der Waals surface area contributed by atoms with Gasteiger partial charge in [-0.15, -0.1) is 0 Å². The molecule has 0 aromatic heterocycles. The predicted octanol–water partition coefficient (Wildman–Crippen LogP) is 0.494. The summed E-state index contributed by atoms with van der Waals surface area (Å²) in [5.74, 6) is 0.130. The molecule has 1 saturated heterocycles. The quantitative estimate of drug-likeness (QED) is 0.801. The second-order valence-electron chi connectivity index (χ2n) is 5.21. The van der Waals surface area contributed by atoms with Gasteiger partial charge in [0.05, 0.1) is 10.6 Å². The second-order valence-corrected chi connectivity index (χ2v) is 7.32. The summed E-state index contributed by atoms with van der Waals surface area (Å²) in [6.45, 7) is 4.36. The fourth-order valence-electron chi connectivity index (χ4n) is 1.93. The zero-order valence-electron chi connectivity index (χ0n) is 11.6. The van der Waals surface area contributed by atoms with Crippen LogP contribution in [0, 0.1) is 12.8 Å². The number of amides is 1. The van der Waals surface area contributed by atoms with Crippen LogP contribution in [0.2, 0.25) is 0 Å². The molecule has 6 heteroatoms. The average Bonchev–Trinajstić information content (AvgIpc) is 2.35. The normalized spacial score (nSPS) is 15.7. The molecule has 0 unspecified atom stereocenters. The zero-order valence-corrected chi connectivity index (χ0v) is 12.4. The smallest absolute Gasteiger partial charge is 0.221 e. The monoisotopic (exact) mass is 296 g/mol. The molecule has 2 rings (SSSR count). The SMILES string of the molecule is Cc1ccc(S(=O)(=O)CCC(=O)NCC2CNC2)cc1. The van der Waals surface area contributed by atoms with E-state index in [2.05, 4.69) is 10.6 Å². The van der Waals surface area contributed by atoms with Crippen LogP contribution in [-0.2, 0) is 14.6 Å². The van der Waals surface area contributed by atoms with Crippen LogP contribution in [0.4, 0.5) is 0 Å². The largest absolute Gasteiger partial charge is 0.356 e. The molecular weight excluding hydrogens is 276 g/mol. The zero-order chi connectivity index (χ0) is 14.6. The molecule has 1 aliphatic rings. The number of rotatable bonds is 6. The maximum Gasteiger partial charge on any atom is 0.221 e. The average molecular weight is 296 g/mol. The van der Waals surface area contributed by atoms with E-state index >= 15 is 0 Å². The molecule has 1 amide bonds. The summed E-state index contributed by atoms with van der Waals surface area (Å²) < 4.78 is 24.1. The fraction of sp³-hybridized carbons (Fsp3) is 0.500. The molecule has 1 aromatic rings. The third-order valence-corrected chi connectivity index (χ3v) is 5.16. The van der Waals surface area contributed by atoms with E-state index in [0.717, 1.165) is 18.7 Å². The van der Waals surface area contributed by atoms with Crippen LogP contribution in [-0.4, -0.2) is 39.7 Å². The first-order valence-electron chi connectivity index (χ1n) is 6.74. The van der Waals surface area contributed by atoms with E-state index in [0.29, 0.717) is 12.5 Å². The van der Waals surface area contributed by atoms with E-state index in [1.54, 1.807) is 24.3 Å². The van der Waals surface area contributed by atoms with Crippen LogP contribution in [0.25, 0.3) is 0 Å². The highest BCUT2D eigenvalue weighted by molar-refractivity contribution is 7.91. The van der Waals surface area contributed by atoms with Crippen molar-refractivity contribution in [1.82, 2.24) is 10.6 Å². The summed E-state index contributed by atoms with van der Waals surface area (Å²) in [5.41, 5.74) is 1.01. The number of sulfone groups is 1. The lowest BCUT2D eigenvalue weighted by molar-refractivity contribution is -0.120. The molecule has 1 aromatic carbocycles. The van der Waals surface area contributed by atoms with E-state index in [1.807, 2.05) is 6.92 Å². The van der Waals surface area contributed by atoms with Gasteiger partial charge in [-0.2, -0.15) is 0 Å². The van der Waals surface area contributed by atoms with Crippen molar-refractivity contribution >= 4 is 15.7 Å². The van der Waals surface area contributed by atoms with E-state index in [-0.39, 0.29) is 23.0 Å². The lowest BCUT2D eigenvalue weighted by Gasteiger charge is -2.27. The number of carbonyl (C=O) groups is 1. The maximum atomic E-state index is 12.1.